The third-order valence-electron chi connectivity index (χ3n) is 5.74. The van der Waals surface area contributed by atoms with E-state index < -0.39 is 33.6 Å². The van der Waals surface area contributed by atoms with Gasteiger partial charge in [0.15, 0.2) is 6.04 Å². The number of ether oxygens (including phenoxy) is 1. The van der Waals surface area contributed by atoms with Crippen LogP contribution in [0, 0.1) is 0 Å². The molecule has 3 aromatic carbocycles. The zero-order valence-electron chi connectivity index (χ0n) is 20.1. The summed E-state index contributed by atoms with van der Waals surface area (Å²) in [5.74, 6) is -0.911. The zero-order valence-corrected chi connectivity index (χ0v) is 20.9. The third-order valence-corrected chi connectivity index (χ3v) is 7.50. The van der Waals surface area contributed by atoms with Crippen LogP contribution < -0.4 is 4.72 Å². The van der Waals surface area contributed by atoms with E-state index >= 15 is 0 Å². The van der Waals surface area contributed by atoms with Crippen molar-refractivity contribution in [1.29, 1.82) is 0 Å². The molecule has 0 aliphatic carbocycles. The molecule has 8 heteroatoms. The van der Waals surface area contributed by atoms with Gasteiger partial charge >= 0.3 is 5.97 Å². The summed E-state index contributed by atoms with van der Waals surface area (Å²) in [4.78, 5) is 28.3. The third kappa shape index (κ3) is 4.85. The number of hydrogen-bond donors (Lipinski definition) is 1. The molecule has 1 aliphatic rings. The molecule has 0 radical (unpaired) electrons. The van der Waals surface area contributed by atoms with E-state index in [4.69, 9.17) is 4.74 Å². The molecular weight excluding hydrogens is 464 g/mol. The molecule has 0 saturated carbocycles. The molecule has 1 N–H and O–H groups in total. The number of fused-ring (bicyclic) bond motifs is 1. The number of hydrogen-bond acceptors (Lipinski definition) is 5. The Balaban J connectivity index is 1.89. The molecule has 4 rings (SSSR count). The number of nitrogens with zero attached hydrogens (tertiary/aromatic N) is 1. The molecule has 1 heterocycles. The Labute approximate surface area is 205 Å². The van der Waals surface area contributed by atoms with Gasteiger partial charge in [0, 0.05) is 11.1 Å². The summed E-state index contributed by atoms with van der Waals surface area (Å²) in [5, 5.41) is 0. The van der Waals surface area contributed by atoms with Gasteiger partial charge < -0.3 is 9.64 Å². The first-order chi connectivity index (χ1) is 16.5. The molecule has 0 aromatic heterocycles. The lowest BCUT2D eigenvalue weighted by Crippen LogP contribution is -2.40. The van der Waals surface area contributed by atoms with Crippen molar-refractivity contribution in [3.63, 3.8) is 0 Å². The SMILES string of the molecule is COC(=O)C(c1ccccc1)N1C(=O)c2ccccc2C1c1cccc(S(=O)(=O)NC(C)(C)C)c1. The van der Waals surface area contributed by atoms with Gasteiger partial charge in [-0.1, -0.05) is 60.7 Å². The van der Waals surface area contributed by atoms with Crippen LogP contribution in [0.2, 0.25) is 0 Å². The summed E-state index contributed by atoms with van der Waals surface area (Å²) in [6.07, 6.45) is 0. The van der Waals surface area contributed by atoms with Gasteiger partial charge in [-0.2, -0.15) is 0 Å². The summed E-state index contributed by atoms with van der Waals surface area (Å²) in [6.45, 7) is 5.30. The highest BCUT2D eigenvalue weighted by Gasteiger charge is 2.45. The molecule has 7 nitrogen and oxygen atoms in total. The van der Waals surface area contributed by atoms with Crippen LogP contribution in [0.1, 0.15) is 59.9 Å². The molecule has 0 saturated heterocycles. The molecule has 3 aromatic rings. The van der Waals surface area contributed by atoms with E-state index in [2.05, 4.69) is 4.72 Å². The second kappa shape index (κ2) is 9.28. The fourth-order valence-electron chi connectivity index (χ4n) is 4.41. The number of carbonyl (C=O) groups excluding carboxylic acids is 2. The predicted octanol–water partition coefficient (Wildman–Crippen LogP) is 4.22. The van der Waals surface area contributed by atoms with Gasteiger partial charge in [-0.3, -0.25) is 4.79 Å². The van der Waals surface area contributed by atoms with Crippen molar-refractivity contribution >= 4 is 21.9 Å². The highest BCUT2D eigenvalue weighted by atomic mass is 32.2. The van der Waals surface area contributed by atoms with Gasteiger partial charge in [0.25, 0.3) is 5.91 Å². The highest BCUT2D eigenvalue weighted by Crippen LogP contribution is 2.44. The van der Waals surface area contributed by atoms with Crippen molar-refractivity contribution in [2.45, 2.75) is 43.3 Å². The Morgan fingerprint density at radius 3 is 2.29 bits per heavy atom. The Morgan fingerprint density at radius 2 is 1.63 bits per heavy atom. The molecule has 1 amide bonds. The lowest BCUT2D eigenvalue weighted by Gasteiger charge is -2.32. The Morgan fingerprint density at radius 1 is 0.971 bits per heavy atom. The second-order valence-corrected chi connectivity index (χ2v) is 11.1. The number of benzene rings is 3. The van der Waals surface area contributed by atoms with Crippen molar-refractivity contribution in [3.05, 3.63) is 101 Å². The molecule has 2 unspecified atom stereocenters. The Bertz CT molecular complexity index is 1360. The summed E-state index contributed by atoms with van der Waals surface area (Å²) < 4.78 is 33.9. The molecule has 0 spiro atoms. The number of nitrogens with one attached hydrogen (secondary N) is 1. The molecular formula is C27H28N2O5S. The Kier molecular flexibility index (Phi) is 6.53. The van der Waals surface area contributed by atoms with Crippen molar-refractivity contribution in [1.82, 2.24) is 9.62 Å². The lowest BCUT2D eigenvalue weighted by atomic mass is 9.96. The smallest absolute Gasteiger partial charge is 0.333 e. The van der Waals surface area contributed by atoms with Crippen molar-refractivity contribution < 1.29 is 22.7 Å². The van der Waals surface area contributed by atoms with Gasteiger partial charge in [-0.05, 0) is 55.7 Å². The van der Waals surface area contributed by atoms with E-state index in [1.165, 1.54) is 18.1 Å². The minimum absolute atomic E-state index is 0.0797. The van der Waals surface area contributed by atoms with E-state index in [0.29, 0.717) is 22.3 Å². The number of amides is 1. The second-order valence-electron chi connectivity index (χ2n) is 9.47. The molecule has 35 heavy (non-hydrogen) atoms. The van der Waals surface area contributed by atoms with E-state index in [1.807, 2.05) is 18.2 Å². The summed E-state index contributed by atoms with van der Waals surface area (Å²) in [5.41, 5.74) is 1.66. The zero-order chi connectivity index (χ0) is 25.4. The highest BCUT2D eigenvalue weighted by molar-refractivity contribution is 7.89. The van der Waals surface area contributed by atoms with Gasteiger partial charge in [0.2, 0.25) is 10.0 Å². The van der Waals surface area contributed by atoms with Crippen LogP contribution >= 0.6 is 0 Å². The van der Waals surface area contributed by atoms with Crippen LogP contribution in [0.25, 0.3) is 0 Å². The van der Waals surface area contributed by atoms with Crippen LogP contribution in [-0.4, -0.2) is 37.8 Å². The fourth-order valence-corrected chi connectivity index (χ4v) is 5.89. The number of rotatable bonds is 6. The lowest BCUT2D eigenvalue weighted by molar-refractivity contribution is -0.146. The maximum Gasteiger partial charge on any atom is 0.333 e. The predicted molar refractivity (Wildman–Crippen MR) is 132 cm³/mol. The number of esters is 1. The first-order valence-corrected chi connectivity index (χ1v) is 12.7. The van der Waals surface area contributed by atoms with Gasteiger partial charge in [0.05, 0.1) is 18.0 Å². The normalized spacial score (nSPS) is 16.6. The van der Waals surface area contributed by atoms with E-state index in [1.54, 1.807) is 75.4 Å². The van der Waals surface area contributed by atoms with Crippen LogP contribution in [0.3, 0.4) is 0 Å². The van der Waals surface area contributed by atoms with Crippen LogP contribution in [0.15, 0.2) is 83.8 Å². The Hall–Kier alpha value is -3.49. The fraction of sp³-hybridized carbons (Fsp3) is 0.259. The number of carbonyl (C=O) groups is 2. The minimum atomic E-state index is -3.82. The van der Waals surface area contributed by atoms with Crippen LogP contribution in [0.5, 0.6) is 0 Å². The monoisotopic (exact) mass is 492 g/mol. The number of sulfonamides is 1. The van der Waals surface area contributed by atoms with Crippen molar-refractivity contribution in [2.24, 2.45) is 0 Å². The topological polar surface area (TPSA) is 92.8 Å². The molecule has 182 valence electrons. The maximum absolute atomic E-state index is 13.7. The van der Waals surface area contributed by atoms with Gasteiger partial charge in [0.1, 0.15) is 0 Å². The maximum atomic E-state index is 13.7. The molecule has 0 bridgehead atoms. The average Bonchev–Trinajstić information content (AvgIpc) is 3.11. The van der Waals surface area contributed by atoms with Gasteiger partial charge in [-0.25, -0.2) is 17.9 Å². The van der Waals surface area contributed by atoms with E-state index in [0.717, 1.165) is 0 Å². The standard InChI is InChI=1S/C27H28N2O5S/c1-27(2,3)28-35(32,33)20-14-10-13-19(17-20)23-21-15-8-9-16-22(21)25(30)29(23)24(26(31)34-4)18-11-6-5-7-12-18/h5-17,23-24,28H,1-4H3. The summed E-state index contributed by atoms with van der Waals surface area (Å²) in [6, 6.07) is 20.8. The molecule has 0 fully saturated rings. The largest absolute Gasteiger partial charge is 0.467 e. The van der Waals surface area contributed by atoms with Crippen molar-refractivity contribution in [3.8, 4) is 0 Å². The first-order valence-electron chi connectivity index (χ1n) is 11.2. The van der Waals surface area contributed by atoms with Crippen LogP contribution in [-0.2, 0) is 19.6 Å². The first kappa shape index (κ1) is 24.6. The summed E-state index contributed by atoms with van der Waals surface area (Å²) in [7, 11) is -2.53. The van der Waals surface area contributed by atoms with Gasteiger partial charge in [-0.15, -0.1) is 0 Å². The number of methoxy groups -OCH3 is 1. The van der Waals surface area contributed by atoms with E-state index in [9.17, 15) is 18.0 Å². The van der Waals surface area contributed by atoms with Crippen LogP contribution in [0.4, 0.5) is 0 Å². The summed E-state index contributed by atoms with van der Waals surface area (Å²) >= 11 is 0. The van der Waals surface area contributed by atoms with E-state index in [-0.39, 0.29) is 10.8 Å². The molecule has 2 atom stereocenters. The minimum Gasteiger partial charge on any atom is -0.467 e. The molecule has 1 aliphatic heterocycles. The quantitative estimate of drug-likeness (QED) is 0.520. The van der Waals surface area contributed by atoms with Crippen molar-refractivity contribution in [2.75, 3.05) is 7.11 Å². The average molecular weight is 493 g/mol.